The van der Waals surface area contributed by atoms with Crippen LogP contribution in [0.15, 0.2) is 0 Å². The molecule has 0 aromatic heterocycles. The second-order valence-corrected chi connectivity index (χ2v) is 3.72. The SMILES string of the molecule is CC(=O)C(N)([C]=O)C(C)(C)C. The molecule has 0 bridgehead atoms. The highest BCUT2D eigenvalue weighted by atomic mass is 16.1. The van der Waals surface area contributed by atoms with Gasteiger partial charge in [-0.2, -0.15) is 0 Å². The molecule has 1 atom stereocenters. The number of hydrogen-bond donors (Lipinski definition) is 1. The highest BCUT2D eigenvalue weighted by Gasteiger charge is 2.43. The predicted molar refractivity (Wildman–Crippen MR) is 42.7 cm³/mol. The molecule has 63 valence electrons. The van der Waals surface area contributed by atoms with E-state index in [1.807, 2.05) is 0 Å². The van der Waals surface area contributed by atoms with Crippen LogP contribution in [0.25, 0.3) is 0 Å². The van der Waals surface area contributed by atoms with Crippen LogP contribution in [0.1, 0.15) is 27.7 Å². The van der Waals surface area contributed by atoms with E-state index in [1.165, 1.54) is 6.92 Å². The normalized spacial score (nSPS) is 17.2. The first kappa shape index (κ1) is 10.3. The van der Waals surface area contributed by atoms with Crippen molar-refractivity contribution in [2.45, 2.75) is 33.2 Å². The number of hydrogen-bond acceptors (Lipinski definition) is 3. The van der Waals surface area contributed by atoms with Crippen molar-refractivity contribution >= 4 is 12.1 Å². The summed E-state index contributed by atoms with van der Waals surface area (Å²) in [5.41, 5.74) is 3.51. The molecule has 3 heteroatoms. The van der Waals surface area contributed by atoms with Crippen LogP contribution in [-0.2, 0) is 9.59 Å². The molecule has 0 rings (SSSR count). The predicted octanol–water partition coefficient (Wildman–Crippen LogP) is 0.429. The molecule has 0 saturated carbocycles. The zero-order valence-electron chi connectivity index (χ0n) is 7.39. The van der Waals surface area contributed by atoms with Crippen molar-refractivity contribution < 1.29 is 9.59 Å². The molecule has 0 aromatic rings. The third-order valence-corrected chi connectivity index (χ3v) is 1.90. The summed E-state index contributed by atoms with van der Waals surface area (Å²) in [6.07, 6.45) is 1.60. The molecule has 11 heavy (non-hydrogen) atoms. The number of carbonyl (C=O) groups is 1. The fourth-order valence-electron chi connectivity index (χ4n) is 0.753. The van der Waals surface area contributed by atoms with Gasteiger partial charge >= 0.3 is 0 Å². The van der Waals surface area contributed by atoms with Gasteiger partial charge in [-0.3, -0.25) is 9.59 Å². The first-order valence-corrected chi connectivity index (χ1v) is 3.45. The van der Waals surface area contributed by atoms with E-state index < -0.39 is 11.0 Å². The Morgan fingerprint density at radius 1 is 1.36 bits per heavy atom. The fourth-order valence-corrected chi connectivity index (χ4v) is 0.753. The van der Waals surface area contributed by atoms with Crippen LogP contribution < -0.4 is 5.73 Å². The van der Waals surface area contributed by atoms with Crippen molar-refractivity contribution in [2.24, 2.45) is 11.1 Å². The van der Waals surface area contributed by atoms with Crippen molar-refractivity contribution in [2.75, 3.05) is 0 Å². The van der Waals surface area contributed by atoms with E-state index in [1.54, 1.807) is 27.1 Å². The second-order valence-electron chi connectivity index (χ2n) is 3.72. The summed E-state index contributed by atoms with van der Waals surface area (Å²) in [6, 6.07) is 0. The summed E-state index contributed by atoms with van der Waals surface area (Å²) < 4.78 is 0. The highest BCUT2D eigenvalue weighted by molar-refractivity contribution is 6.02. The minimum absolute atomic E-state index is 0.347. The lowest BCUT2D eigenvalue weighted by Crippen LogP contribution is -2.58. The highest BCUT2D eigenvalue weighted by Crippen LogP contribution is 2.26. The zero-order chi connectivity index (χ0) is 9.28. The first-order valence-electron chi connectivity index (χ1n) is 3.45. The van der Waals surface area contributed by atoms with Crippen LogP contribution in [-0.4, -0.2) is 17.6 Å². The van der Waals surface area contributed by atoms with Crippen LogP contribution in [0.3, 0.4) is 0 Å². The number of nitrogens with two attached hydrogens (primary N) is 1. The molecule has 0 aliphatic carbocycles. The molecular weight excluding hydrogens is 142 g/mol. The van der Waals surface area contributed by atoms with E-state index in [9.17, 15) is 9.59 Å². The average Bonchev–Trinajstić information content (AvgIpc) is 1.83. The summed E-state index contributed by atoms with van der Waals surface area (Å²) in [5.74, 6) is -0.347. The molecule has 1 radical (unpaired) electrons. The minimum atomic E-state index is -1.47. The van der Waals surface area contributed by atoms with Gasteiger partial charge in [0.05, 0.1) is 0 Å². The van der Waals surface area contributed by atoms with Crippen LogP contribution in [0.2, 0.25) is 0 Å². The molecule has 3 nitrogen and oxygen atoms in total. The van der Waals surface area contributed by atoms with Crippen LogP contribution in [0.4, 0.5) is 0 Å². The van der Waals surface area contributed by atoms with Crippen molar-refractivity contribution in [1.29, 1.82) is 0 Å². The molecular formula is C8H14NO2. The van der Waals surface area contributed by atoms with Gasteiger partial charge in [0, 0.05) is 0 Å². The van der Waals surface area contributed by atoms with Crippen molar-refractivity contribution in [1.82, 2.24) is 0 Å². The van der Waals surface area contributed by atoms with Crippen molar-refractivity contribution in [3.8, 4) is 0 Å². The maximum absolute atomic E-state index is 11.0. The lowest BCUT2D eigenvalue weighted by Gasteiger charge is -2.33. The zero-order valence-corrected chi connectivity index (χ0v) is 7.39. The van der Waals surface area contributed by atoms with Gasteiger partial charge in [-0.25, -0.2) is 0 Å². The Kier molecular flexibility index (Phi) is 2.56. The fraction of sp³-hybridized carbons (Fsp3) is 0.750. The largest absolute Gasteiger partial charge is 0.312 e. The molecule has 0 aromatic carbocycles. The third kappa shape index (κ3) is 1.66. The van der Waals surface area contributed by atoms with Crippen molar-refractivity contribution in [3.63, 3.8) is 0 Å². The van der Waals surface area contributed by atoms with Crippen molar-refractivity contribution in [3.05, 3.63) is 0 Å². The average molecular weight is 156 g/mol. The Balaban J connectivity index is 4.91. The Labute approximate surface area is 67.0 Å². The van der Waals surface area contributed by atoms with Gasteiger partial charge in [-0.15, -0.1) is 0 Å². The van der Waals surface area contributed by atoms with Gasteiger partial charge in [-0.1, -0.05) is 20.8 Å². The summed E-state index contributed by atoms with van der Waals surface area (Å²) in [4.78, 5) is 21.4. The molecule has 0 heterocycles. The molecule has 2 N–H and O–H groups in total. The van der Waals surface area contributed by atoms with E-state index in [2.05, 4.69) is 0 Å². The van der Waals surface area contributed by atoms with Crippen LogP contribution in [0.5, 0.6) is 0 Å². The van der Waals surface area contributed by atoms with Gasteiger partial charge < -0.3 is 5.73 Å². The Hall–Kier alpha value is -0.700. The quantitative estimate of drug-likeness (QED) is 0.590. The summed E-state index contributed by atoms with van der Waals surface area (Å²) >= 11 is 0. The number of rotatable bonds is 2. The molecule has 1 unspecified atom stereocenters. The molecule has 0 amide bonds. The first-order chi connectivity index (χ1) is 4.75. The minimum Gasteiger partial charge on any atom is -0.312 e. The summed E-state index contributed by atoms with van der Waals surface area (Å²) in [5, 5.41) is 0. The van der Waals surface area contributed by atoms with E-state index in [-0.39, 0.29) is 5.78 Å². The summed E-state index contributed by atoms with van der Waals surface area (Å²) in [7, 11) is 0. The Morgan fingerprint density at radius 3 is 1.73 bits per heavy atom. The van der Waals surface area contributed by atoms with Gasteiger partial charge in [0.2, 0.25) is 6.29 Å². The Morgan fingerprint density at radius 2 is 1.73 bits per heavy atom. The van der Waals surface area contributed by atoms with E-state index in [0.717, 1.165) is 0 Å². The summed E-state index contributed by atoms with van der Waals surface area (Å²) in [6.45, 7) is 6.51. The third-order valence-electron chi connectivity index (χ3n) is 1.90. The monoisotopic (exact) mass is 156 g/mol. The van der Waals surface area contributed by atoms with Crippen LogP contribution in [0, 0.1) is 5.41 Å². The van der Waals surface area contributed by atoms with E-state index in [0.29, 0.717) is 0 Å². The van der Waals surface area contributed by atoms with Gasteiger partial charge in [0.1, 0.15) is 5.54 Å². The number of carbonyl (C=O) groups excluding carboxylic acids is 2. The topological polar surface area (TPSA) is 60.2 Å². The van der Waals surface area contributed by atoms with Gasteiger partial charge in [0.15, 0.2) is 5.78 Å². The van der Waals surface area contributed by atoms with E-state index in [4.69, 9.17) is 5.73 Å². The maximum Gasteiger partial charge on any atom is 0.228 e. The second kappa shape index (κ2) is 2.74. The number of ketones is 1. The molecule has 0 aliphatic rings. The molecule has 0 spiro atoms. The smallest absolute Gasteiger partial charge is 0.228 e. The van der Waals surface area contributed by atoms with Gasteiger partial charge in [-0.05, 0) is 12.3 Å². The number of Topliss-reactive ketones (excluding diaryl/α,β-unsaturated/α-hetero) is 1. The molecule has 0 aliphatic heterocycles. The molecule has 0 fully saturated rings. The van der Waals surface area contributed by atoms with Crippen LogP contribution >= 0.6 is 0 Å². The molecule has 0 saturated heterocycles. The Bertz CT molecular complexity index is 181. The standard InChI is InChI=1S/C8H14NO2/c1-6(11)8(9,5-10)7(2,3)4/h9H2,1-4H3. The van der Waals surface area contributed by atoms with Gasteiger partial charge in [0.25, 0.3) is 0 Å². The van der Waals surface area contributed by atoms with E-state index >= 15 is 0 Å². The maximum atomic E-state index is 11.0. The lowest BCUT2D eigenvalue weighted by atomic mass is 9.73. The lowest BCUT2D eigenvalue weighted by molar-refractivity contribution is -0.122.